The average molecular weight is 734 g/mol. The summed E-state index contributed by atoms with van der Waals surface area (Å²) in [6.45, 7) is 0. The normalized spacial score (nSPS) is 11.6. The van der Waals surface area contributed by atoms with E-state index in [2.05, 4.69) is 121 Å². The van der Waals surface area contributed by atoms with Gasteiger partial charge in [0.05, 0.1) is 0 Å². The van der Waals surface area contributed by atoms with Crippen LogP contribution in [-0.2, 0) is 0 Å². The van der Waals surface area contributed by atoms with Crippen molar-refractivity contribution in [3.05, 3.63) is 188 Å². The third-order valence-corrected chi connectivity index (χ3v) is 11.8. The highest BCUT2D eigenvalue weighted by atomic mass is 32.1. The first kappa shape index (κ1) is 32.2. The van der Waals surface area contributed by atoms with Gasteiger partial charge in [0.2, 0.25) is 0 Å². The van der Waals surface area contributed by atoms with Gasteiger partial charge in [-0.25, -0.2) is 15.0 Å². The van der Waals surface area contributed by atoms with Crippen LogP contribution < -0.4 is 0 Å². The summed E-state index contributed by atoms with van der Waals surface area (Å²) in [5, 5.41) is 4.67. The average Bonchev–Trinajstić information content (AvgIpc) is 3.87. The molecule has 0 saturated carbocycles. The highest BCUT2D eigenvalue weighted by molar-refractivity contribution is 7.26. The van der Waals surface area contributed by atoms with E-state index >= 15 is 0 Å². The molecule has 0 spiro atoms. The molecular formula is C51H31N3OS. The number of furan rings is 1. The van der Waals surface area contributed by atoms with Gasteiger partial charge in [-0.1, -0.05) is 164 Å². The van der Waals surface area contributed by atoms with Gasteiger partial charge in [-0.3, -0.25) is 0 Å². The molecule has 0 unspecified atom stereocenters. The molecule has 11 rings (SSSR count). The Bertz CT molecular complexity index is 3180. The van der Waals surface area contributed by atoms with Crippen molar-refractivity contribution in [2.45, 2.75) is 0 Å². The summed E-state index contributed by atoms with van der Waals surface area (Å²) >= 11 is 1.85. The van der Waals surface area contributed by atoms with Crippen molar-refractivity contribution >= 4 is 53.4 Å². The second-order valence-electron chi connectivity index (χ2n) is 13.9. The SMILES string of the molecule is c1ccc(-c2nc(-c3ccccc3)nc(-c3cccc(-c4ccc(-c5ccc(-c6ccccc6)c6sc7ccccc7c56)c5oc6ccccc6c45)c3)n2)cc1. The lowest BCUT2D eigenvalue weighted by molar-refractivity contribution is 0.670. The van der Waals surface area contributed by atoms with Gasteiger partial charge in [0.25, 0.3) is 0 Å². The number of benzene rings is 8. The lowest BCUT2D eigenvalue weighted by atomic mass is 9.91. The minimum Gasteiger partial charge on any atom is -0.455 e. The van der Waals surface area contributed by atoms with E-state index < -0.39 is 0 Å². The van der Waals surface area contributed by atoms with Gasteiger partial charge in [0.1, 0.15) is 11.2 Å². The van der Waals surface area contributed by atoms with Crippen molar-refractivity contribution in [3.8, 4) is 67.5 Å². The van der Waals surface area contributed by atoms with Crippen molar-refractivity contribution in [2.24, 2.45) is 0 Å². The minimum atomic E-state index is 0.620. The third kappa shape index (κ3) is 5.40. The van der Waals surface area contributed by atoms with Crippen molar-refractivity contribution in [2.75, 3.05) is 0 Å². The Balaban J connectivity index is 1.12. The molecular weight excluding hydrogens is 703 g/mol. The summed E-state index contributed by atoms with van der Waals surface area (Å²) in [7, 11) is 0. The maximum Gasteiger partial charge on any atom is 0.164 e. The molecule has 0 aliphatic carbocycles. The smallest absolute Gasteiger partial charge is 0.164 e. The fourth-order valence-electron chi connectivity index (χ4n) is 7.94. The molecule has 0 fully saturated rings. The van der Waals surface area contributed by atoms with E-state index in [0.717, 1.165) is 60.9 Å². The lowest BCUT2D eigenvalue weighted by Crippen LogP contribution is -2.00. The van der Waals surface area contributed by atoms with Crippen LogP contribution in [0.4, 0.5) is 0 Å². The van der Waals surface area contributed by atoms with Crippen LogP contribution >= 0.6 is 11.3 Å². The molecule has 11 aromatic rings. The van der Waals surface area contributed by atoms with E-state index in [4.69, 9.17) is 19.4 Å². The topological polar surface area (TPSA) is 51.8 Å². The Morgan fingerprint density at radius 2 is 0.875 bits per heavy atom. The molecule has 0 aliphatic rings. The zero-order valence-corrected chi connectivity index (χ0v) is 30.9. The van der Waals surface area contributed by atoms with Gasteiger partial charge < -0.3 is 4.42 Å². The zero-order valence-electron chi connectivity index (χ0n) is 30.1. The lowest BCUT2D eigenvalue weighted by Gasteiger charge is -2.13. The van der Waals surface area contributed by atoms with Gasteiger partial charge in [-0.15, -0.1) is 11.3 Å². The number of aromatic nitrogens is 3. The molecule has 0 aliphatic heterocycles. The molecule has 0 amide bonds. The van der Waals surface area contributed by atoms with Crippen LogP contribution in [0.3, 0.4) is 0 Å². The molecule has 0 bridgehead atoms. The van der Waals surface area contributed by atoms with Crippen LogP contribution in [0.2, 0.25) is 0 Å². The second-order valence-corrected chi connectivity index (χ2v) is 15.0. The molecule has 3 aromatic heterocycles. The molecule has 0 saturated heterocycles. The summed E-state index contributed by atoms with van der Waals surface area (Å²) in [6, 6.07) is 65.5. The first-order valence-electron chi connectivity index (χ1n) is 18.7. The summed E-state index contributed by atoms with van der Waals surface area (Å²) in [4.78, 5) is 15.0. The van der Waals surface area contributed by atoms with Crippen LogP contribution in [0.5, 0.6) is 0 Å². The van der Waals surface area contributed by atoms with Gasteiger partial charge >= 0.3 is 0 Å². The number of hydrogen-bond acceptors (Lipinski definition) is 5. The van der Waals surface area contributed by atoms with Crippen molar-refractivity contribution in [1.29, 1.82) is 0 Å². The van der Waals surface area contributed by atoms with E-state index in [1.807, 2.05) is 78.1 Å². The Kier molecular flexibility index (Phi) is 7.64. The van der Waals surface area contributed by atoms with E-state index in [1.165, 1.54) is 31.3 Å². The summed E-state index contributed by atoms with van der Waals surface area (Å²) in [5.41, 5.74) is 11.3. The predicted octanol–water partition coefficient (Wildman–Crippen LogP) is 14.1. The number of rotatable bonds is 6. The van der Waals surface area contributed by atoms with Crippen molar-refractivity contribution in [3.63, 3.8) is 0 Å². The minimum absolute atomic E-state index is 0.620. The molecule has 0 atom stereocenters. The monoisotopic (exact) mass is 733 g/mol. The number of hydrogen-bond donors (Lipinski definition) is 0. The standard InChI is InChI=1S/C51H31N3OS/c1-4-15-32(16-5-1)38-28-29-39(46-42-24-11-13-26-44(42)56-48(38)46)40-30-27-37(45-41-23-10-12-25-43(41)55-47(40)45)35-21-14-22-36(31-35)51-53-49(33-17-6-2-7-18-33)52-50(54-51)34-19-8-3-9-20-34/h1-31H. The first-order valence-corrected chi connectivity index (χ1v) is 19.5. The summed E-state index contributed by atoms with van der Waals surface area (Å²) < 4.78 is 9.41. The van der Waals surface area contributed by atoms with E-state index in [9.17, 15) is 0 Å². The Hall–Kier alpha value is -7.21. The number of para-hydroxylation sites is 1. The van der Waals surface area contributed by atoms with Crippen molar-refractivity contribution in [1.82, 2.24) is 15.0 Å². The highest BCUT2D eigenvalue weighted by Gasteiger charge is 2.22. The molecule has 3 heterocycles. The highest BCUT2D eigenvalue weighted by Crippen LogP contribution is 2.48. The zero-order chi connectivity index (χ0) is 37.0. The molecule has 5 heteroatoms. The van der Waals surface area contributed by atoms with Gasteiger partial charge in [-0.05, 0) is 52.1 Å². The van der Waals surface area contributed by atoms with Crippen LogP contribution in [0, 0.1) is 0 Å². The second kappa shape index (κ2) is 13.3. The van der Waals surface area contributed by atoms with E-state index in [1.54, 1.807) is 0 Å². The van der Waals surface area contributed by atoms with E-state index in [0.29, 0.717) is 17.5 Å². The molecule has 56 heavy (non-hydrogen) atoms. The fraction of sp³-hybridized carbons (Fsp3) is 0. The maximum atomic E-state index is 6.87. The Morgan fingerprint density at radius 1 is 0.357 bits per heavy atom. The summed E-state index contributed by atoms with van der Waals surface area (Å²) in [5.74, 6) is 1.89. The number of thiophene rings is 1. The van der Waals surface area contributed by atoms with Crippen LogP contribution in [0.1, 0.15) is 0 Å². The predicted molar refractivity (Wildman–Crippen MR) is 233 cm³/mol. The molecule has 0 N–H and O–H groups in total. The third-order valence-electron chi connectivity index (χ3n) is 10.6. The molecule has 4 nitrogen and oxygen atoms in total. The van der Waals surface area contributed by atoms with Gasteiger partial charge in [-0.2, -0.15) is 0 Å². The van der Waals surface area contributed by atoms with Crippen molar-refractivity contribution < 1.29 is 4.42 Å². The van der Waals surface area contributed by atoms with Crippen LogP contribution in [0.15, 0.2) is 192 Å². The fourth-order valence-corrected chi connectivity index (χ4v) is 9.21. The van der Waals surface area contributed by atoms with Gasteiger partial charge in [0.15, 0.2) is 17.5 Å². The Labute approximate surface area is 327 Å². The number of fused-ring (bicyclic) bond motifs is 6. The van der Waals surface area contributed by atoms with Crippen LogP contribution in [-0.4, -0.2) is 15.0 Å². The van der Waals surface area contributed by atoms with E-state index in [-0.39, 0.29) is 0 Å². The molecule has 262 valence electrons. The summed E-state index contributed by atoms with van der Waals surface area (Å²) in [6.07, 6.45) is 0. The molecule has 8 aromatic carbocycles. The number of nitrogens with zero attached hydrogens (tertiary/aromatic N) is 3. The van der Waals surface area contributed by atoms with Crippen LogP contribution in [0.25, 0.3) is 110 Å². The van der Waals surface area contributed by atoms with Gasteiger partial charge in [0, 0.05) is 53.2 Å². The maximum absolute atomic E-state index is 6.87. The first-order chi connectivity index (χ1) is 27.8. The largest absolute Gasteiger partial charge is 0.455 e. The quantitative estimate of drug-likeness (QED) is 0.171. The molecule has 0 radical (unpaired) electrons. The Morgan fingerprint density at radius 3 is 1.59 bits per heavy atom.